The molecule has 1 heterocycles. The summed E-state index contributed by atoms with van der Waals surface area (Å²) in [6, 6.07) is 21.7. The molecule has 6 heteroatoms. The van der Waals surface area contributed by atoms with E-state index in [1.165, 1.54) is 0 Å². The van der Waals surface area contributed by atoms with Crippen LogP contribution in [0.2, 0.25) is 5.02 Å². The van der Waals surface area contributed by atoms with Gasteiger partial charge in [-0.05, 0) is 29.1 Å². The maximum Gasteiger partial charge on any atom is 0.230 e. The molecule has 0 radical (unpaired) electrons. The summed E-state index contributed by atoms with van der Waals surface area (Å²) in [6.45, 7) is 0. The molecule has 0 unspecified atom stereocenters. The van der Waals surface area contributed by atoms with Crippen molar-refractivity contribution in [3.05, 3.63) is 88.4 Å². The number of benzene rings is 3. The van der Waals surface area contributed by atoms with Gasteiger partial charge in [0.1, 0.15) is 4.34 Å². The molecule has 1 N–H and O–H groups in total. The molecule has 0 aliphatic carbocycles. The van der Waals surface area contributed by atoms with Gasteiger partial charge >= 0.3 is 0 Å². The van der Waals surface area contributed by atoms with Gasteiger partial charge in [0.15, 0.2) is 0 Å². The third kappa shape index (κ3) is 4.73. The maximum atomic E-state index is 12.5. The highest BCUT2D eigenvalue weighted by Gasteiger charge is 2.10. The SMILES string of the molecule is O=C(Cc1csc(SCc2cccc(Cl)c2)n1)Nc1cccc2ccccc12. The topological polar surface area (TPSA) is 42.0 Å². The first-order chi connectivity index (χ1) is 13.7. The highest BCUT2D eigenvalue weighted by Crippen LogP contribution is 2.28. The Morgan fingerprint density at radius 2 is 1.89 bits per heavy atom. The summed E-state index contributed by atoms with van der Waals surface area (Å²) in [6.07, 6.45) is 0.261. The number of thioether (sulfide) groups is 1. The Kier molecular flexibility index (Phi) is 5.95. The molecule has 0 spiro atoms. The summed E-state index contributed by atoms with van der Waals surface area (Å²) >= 11 is 9.24. The van der Waals surface area contributed by atoms with E-state index in [0.717, 1.165) is 42.8 Å². The van der Waals surface area contributed by atoms with Crippen LogP contribution in [0.4, 0.5) is 5.69 Å². The van der Waals surface area contributed by atoms with Crippen LogP contribution in [0, 0.1) is 0 Å². The van der Waals surface area contributed by atoms with E-state index < -0.39 is 0 Å². The Labute approximate surface area is 176 Å². The van der Waals surface area contributed by atoms with E-state index in [4.69, 9.17) is 11.6 Å². The van der Waals surface area contributed by atoms with Gasteiger partial charge in [-0.15, -0.1) is 11.3 Å². The molecule has 0 aliphatic heterocycles. The van der Waals surface area contributed by atoms with E-state index in [2.05, 4.69) is 10.3 Å². The van der Waals surface area contributed by atoms with E-state index >= 15 is 0 Å². The average Bonchev–Trinajstić information content (AvgIpc) is 3.14. The molecule has 1 amide bonds. The molecule has 0 bridgehead atoms. The average molecular weight is 425 g/mol. The maximum absolute atomic E-state index is 12.5. The number of rotatable bonds is 6. The molecule has 0 fully saturated rings. The fraction of sp³-hybridized carbons (Fsp3) is 0.0909. The molecule has 3 nitrogen and oxygen atoms in total. The number of carbonyl (C=O) groups excluding carboxylic acids is 1. The molecule has 0 saturated carbocycles. The van der Waals surface area contributed by atoms with Crippen LogP contribution in [-0.2, 0) is 17.0 Å². The first-order valence-corrected chi connectivity index (χ1v) is 11.0. The standard InChI is InChI=1S/C22H17ClN2OS2/c23-17-8-3-5-15(11-17)13-27-22-24-18(14-28-22)12-21(26)25-20-10-4-7-16-6-1-2-9-19(16)20/h1-11,14H,12-13H2,(H,25,26). The van der Waals surface area contributed by atoms with Crippen LogP contribution in [0.1, 0.15) is 11.3 Å². The van der Waals surface area contributed by atoms with Crippen molar-refractivity contribution in [1.82, 2.24) is 4.98 Å². The van der Waals surface area contributed by atoms with E-state index in [1.807, 2.05) is 72.1 Å². The summed E-state index contributed by atoms with van der Waals surface area (Å²) < 4.78 is 0.952. The van der Waals surface area contributed by atoms with Crippen LogP contribution in [0.15, 0.2) is 76.4 Å². The van der Waals surface area contributed by atoms with Crippen molar-refractivity contribution >= 4 is 57.1 Å². The van der Waals surface area contributed by atoms with Gasteiger partial charge in [0.25, 0.3) is 0 Å². The minimum Gasteiger partial charge on any atom is -0.325 e. The molecular formula is C22H17ClN2OS2. The second kappa shape index (κ2) is 8.78. The molecule has 4 rings (SSSR count). The van der Waals surface area contributed by atoms with Crippen molar-refractivity contribution in [2.75, 3.05) is 5.32 Å². The highest BCUT2D eigenvalue weighted by molar-refractivity contribution is 8.00. The number of hydrogen-bond acceptors (Lipinski definition) is 4. The number of hydrogen-bond donors (Lipinski definition) is 1. The lowest BCUT2D eigenvalue weighted by Crippen LogP contribution is -2.14. The van der Waals surface area contributed by atoms with Gasteiger partial charge in [-0.1, -0.05) is 71.9 Å². The van der Waals surface area contributed by atoms with Crippen LogP contribution in [0.5, 0.6) is 0 Å². The smallest absolute Gasteiger partial charge is 0.230 e. The number of amides is 1. The number of anilines is 1. The Morgan fingerprint density at radius 3 is 2.79 bits per heavy atom. The fourth-order valence-corrected chi connectivity index (χ4v) is 4.90. The van der Waals surface area contributed by atoms with Crippen LogP contribution < -0.4 is 5.32 Å². The predicted molar refractivity (Wildman–Crippen MR) is 119 cm³/mol. The van der Waals surface area contributed by atoms with Crippen LogP contribution in [-0.4, -0.2) is 10.9 Å². The number of halogens is 1. The largest absolute Gasteiger partial charge is 0.325 e. The lowest BCUT2D eigenvalue weighted by molar-refractivity contribution is -0.115. The zero-order valence-electron chi connectivity index (χ0n) is 14.9. The lowest BCUT2D eigenvalue weighted by atomic mass is 10.1. The number of nitrogens with zero attached hydrogens (tertiary/aromatic N) is 1. The second-order valence-electron chi connectivity index (χ2n) is 6.28. The van der Waals surface area contributed by atoms with Crippen LogP contribution in [0.3, 0.4) is 0 Å². The van der Waals surface area contributed by atoms with Gasteiger partial charge in [0.2, 0.25) is 5.91 Å². The van der Waals surface area contributed by atoms with Gasteiger partial charge in [0.05, 0.1) is 12.1 Å². The van der Waals surface area contributed by atoms with E-state index in [9.17, 15) is 4.79 Å². The summed E-state index contributed by atoms with van der Waals surface area (Å²) in [4.78, 5) is 17.1. The van der Waals surface area contributed by atoms with Gasteiger partial charge in [0, 0.05) is 27.2 Å². The van der Waals surface area contributed by atoms with Crippen molar-refractivity contribution in [2.45, 2.75) is 16.5 Å². The quantitative estimate of drug-likeness (QED) is 0.363. The van der Waals surface area contributed by atoms with Crippen LogP contribution in [0.25, 0.3) is 10.8 Å². The predicted octanol–water partition coefficient (Wildman–Crippen LogP) is 6.42. The summed E-state index contributed by atoms with van der Waals surface area (Å²) in [5, 5.41) is 7.84. The number of fused-ring (bicyclic) bond motifs is 1. The molecule has 1 aromatic heterocycles. The molecule has 0 aliphatic rings. The third-order valence-electron chi connectivity index (χ3n) is 4.19. The molecule has 0 atom stereocenters. The molecule has 28 heavy (non-hydrogen) atoms. The fourth-order valence-electron chi connectivity index (χ4n) is 2.90. The summed E-state index contributed by atoms with van der Waals surface area (Å²) in [7, 11) is 0. The molecular weight excluding hydrogens is 408 g/mol. The first-order valence-electron chi connectivity index (χ1n) is 8.77. The van der Waals surface area contributed by atoms with Crippen molar-refractivity contribution in [1.29, 1.82) is 0 Å². The summed E-state index contributed by atoms with van der Waals surface area (Å²) in [5.41, 5.74) is 2.77. The van der Waals surface area contributed by atoms with Gasteiger partial charge in [-0.2, -0.15) is 0 Å². The Hall–Kier alpha value is -2.34. The van der Waals surface area contributed by atoms with Crippen molar-refractivity contribution < 1.29 is 4.79 Å². The minimum atomic E-state index is -0.0620. The van der Waals surface area contributed by atoms with E-state index in [1.54, 1.807) is 23.1 Å². The highest BCUT2D eigenvalue weighted by atomic mass is 35.5. The van der Waals surface area contributed by atoms with Crippen molar-refractivity contribution in [2.24, 2.45) is 0 Å². The lowest BCUT2D eigenvalue weighted by Gasteiger charge is -2.08. The Bertz CT molecular complexity index is 1120. The van der Waals surface area contributed by atoms with E-state index in [0.29, 0.717) is 0 Å². The number of carbonyl (C=O) groups is 1. The second-order valence-corrected chi connectivity index (χ2v) is 8.79. The monoisotopic (exact) mass is 424 g/mol. The third-order valence-corrected chi connectivity index (χ3v) is 6.56. The molecule has 3 aromatic carbocycles. The van der Waals surface area contributed by atoms with Gasteiger partial charge < -0.3 is 5.32 Å². The molecule has 140 valence electrons. The summed E-state index contributed by atoms with van der Waals surface area (Å²) in [5.74, 6) is 0.739. The van der Waals surface area contributed by atoms with Gasteiger partial charge in [-0.3, -0.25) is 4.79 Å². The normalized spacial score (nSPS) is 10.9. The van der Waals surface area contributed by atoms with Crippen molar-refractivity contribution in [3.63, 3.8) is 0 Å². The Balaban J connectivity index is 1.37. The number of aromatic nitrogens is 1. The minimum absolute atomic E-state index is 0.0620. The van der Waals surface area contributed by atoms with E-state index in [-0.39, 0.29) is 12.3 Å². The van der Waals surface area contributed by atoms with Gasteiger partial charge in [-0.25, -0.2) is 4.98 Å². The molecule has 4 aromatic rings. The number of thiazole rings is 1. The Morgan fingerprint density at radius 1 is 1.07 bits per heavy atom. The van der Waals surface area contributed by atoms with Crippen molar-refractivity contribution in [3.8, 4) is 0 Å². The van der Waals surface area contributed by atoms with Crippen LogP contribution >= 0.6 is 34.7 Å². The molecule has 0 saturated heterocycles. The zero-order valence-corrected chi connectivity index (χ0v) is 17.3. The zero-order chi connectivity index (χ0) is 19.3. The first kappa shape index (κ1) is 19.0. The number of nitrogens with one attached hydrogen (secondary N) is 1.